The maximum absolute atomic E-state index is 15.4. The molecule has 206 valence electrons. The quantitative estimate of drug-likeness (QED) is 0.368. The number of halogens is 3. The van der Waals surface area contributed by atoms with Crippen LogP contribution in [0.1, 0.15) is 36.3 Å². The van der Waals surface area contributed by atoms with Gasteiger partial charge in [0.15, 0.2) is 6.04 Å². The van der Waals surface area contributed by atoms with Crippen LogP contribution in [-0.4, -0.2) is 64.6 Å². The average Bonchev–Trinajstić information content (AvgIpc) is 3.71. The number of dihydropyridines is 1. The van der Waals surface area contributed by atoms with Crippen molar-refractivity contribution < 1.29 is 24.2 Å². The van der Waals surface area contributed by atoms with E-state index in [1.807, 2.05) is 6.07 Å². The molecule has 4 unspecified atom stereocenters. The first kappa shape index (κ1) is 27.7. The molecule has 0 radical (unpaired) electrons. The van der Waals surface area contributed by atoms with E-state index in [0.717, 1.165) is 24.9 Å². The van der Waals surface area contributed by atoms with Crippen LogP contribution >= 0.6 is 23.2 Å². The van der Waals surface area contributed by atoms with Gasteiger partial charge < -0.3 is 15.5 Å². The number of nitrogens with zero attached hydrogens (tertiary/aromatic N) is 2. The monoisotopic (exact) mass is 574 g/mol. The van der Waals surface area contributed by atoms with Crippen LogP contribution in [-0.2, 0) is 16.1 Å². The van der Waals surface area contributed by atoms with E-state index in [1.165, 1.54) is 18.3 Å². The molecule has 39 heavy (non-hydrogen) atoms. The Hall–Kier alpha value is -2.82. The summed E-state index contributed by atoms with van der Waals surface area (Å²) in [5, 5.41) is 26.8. The minimum absolute atomic E-state index is 0.0961. The van der Waals surface area contributed by atoms with Gasteiger partial charge in [0, 0.05) is 53.7 Å². The average molecular weight is 575 g/mol. The fourth-order valence-corrected chi connectivity index (χ4v) is 5.49. The van der Waals surface area contributed by atoms with Crippen molar-refractivity contribution in [2.45, 2.75) is 50.0 Å². The topological polar surface area (TPSA) is 114 Å². The number of carbonyl (C=O) groups is 2. The molecule has 4 N–H and O–H groups in total. The zero-order valence-corrected chi connectivity index (χ0v) is 22.5. The van der Waals surface area contributed by atoms with Gasteiger partial charge in [0.1, 0.15) is 12.0 Å². The molecule has 2 aromatic carbocycles. The molecule has 4 atom stereocenters. The molecule has 2 aliphatic heterocycles. The molecule has 0 saturated heterocycles. The molecule has 1 aliphatic carbocycles. The SMILES string of the molecule is O=C(O)C1CC=C(C(O)NC2CN(CC3CC3)Cc3ccc(Cl)cc3NC(=O)C2c2cccc(Cl)c2F)C=N1. The van der Waals surface area contributed by atoms with E-state index in [4.69, 9.17) is 23.2 Å². The van der Waals surface area contributed by atoms with E-state index < -0.39 is 41.9 Å². The number of aliphatic hydroxyl groups is 1. The van der Waals surface area contributed by atoms with Gasteiger partial charge >= 0.3 is 5.97 Å². The molecule has 1 saturated carbocycles. The van der Waals surface area contributed by atoms with Crippen LogP contribution in [0.3, 0.4) is 0 Å². The lowest BCUT2D eigenvalue weighted by Gasteiger charge is -2.34. The highest BCUT2D eigenvalue weighted by atomic mass is 35.5. The second-order valence-electron chi connectivity index (χ2n) is 10.3. The fraction of sp³-hybridized carbons (Fsp3) is 0.393. The molecule has 5 rings (SSSR count). The number of benzene rings is 2. The highest BCUT2D eigenvalue weighted by molar-refractivity contribution is 6.31. The highest BCUT2D eigenvalue weighted by Gasteiger charge is 2.38. The van der Waals surface area contributed by atoms with Crippen molar-refractivity contribution in [2.75, 3.05) is 18.4 Å². The maximum atomic E-state index is 15.4. The number of amides is 1. The number of carbonyl (C=O) groups excluding carboxylic acids is 1. The van der Waals surface area contributed by atoms with Crippen molar-refractivity contribution in [3.05, 3.63) is 75.0 Å². The van der Waals surface area contributed by atoms with Crippen molar-refractivity contribution >= 4 is 47.0 Å². The van der Waals surface area contributed by atoms with E-state index in [1.54, 1.807) is 24.3 Å². The van der Waals surface area contributed by atoms with Crippen LogP contribution < -0.4 is 10.6 Å². The molecule has 8 nitrogen and oxygen atoms in total. The lowest BCUT2D eigenvalue weighted by atomic mass is 9.89. The summed E-state index contributed by atoms with van der Waals surface area (Å²) in [4.78, 5) is 31.4. The van der Waals surface area contributed by atoms with Gasteiger partial charge in [-0.3, -0.25) is 20.0 Å². The number of anilines is 1. The second-order valence-corrected chi connectivity index (χ2v) is 11.1. The minimum atomic E-state index is -1.27. The number of aliphatic carboxylic acids is 1. The van der Waals surface area contributed by atoms with Gasteiger partial charge in [0.2, 0.25) is 5.91 Å². The first-order valence-corrected chi connectivity index (χ1v) is 13.6. The fourth-order valence-electron chi connectivity index (χ4n) is 5.14. The predicted molar refractivity (Wildman–Crippen MR) is 148 cm³/mol. The normalized spacial score (nSPS) is 24.6. The Morgan fingerprint density at radius 2 is 2.05 bits per heavy atom. The zero-order valence-electron chi connectivity index (χ0n) is 21.0. The van der Waals surface area contributed by atoms with Gasteiger partial charge in [-0.15, -0.1) is 0 Å². The van der Waals surface area contributed by atoms with E-state index in [0.29, 0.717) is 35.3 Å². The smallest absolute Gasteiger partial charge is 0.328 e. The summed E-state index contributed by atoms with van der Waals surface area (Å²) in [7, 11) is 0. The third-order valence-electron chi connectivity index (χ3n) is 7.35. The van der Waals surface area contributed by atoms with Crippen LogP contribution in [0.15, 0.2) is 53.0 Å². The van der Waals surface area contributed by atoms with Crippen LogP contribution in [0.25, 0.3) is 0 Å². The van der Waals surface area contributed by atoms with Gasteiger partial charge in [0.25, 0.3) is 0 Å². The van der Waals surface area contributed by atoms with Crippen molar-refractivity contribution in [2.24, 2.45) is 10.9 Å². The number of nitrogens with one attached hydrogen (secondary N) is 2. The Morgan fingerprint density at radius 1 is 1.26 bits per heavy atom. The van der Waals surface area contributed by atoms with Crippen LogP contribution in [0, 0.1) is 11.7 Å². The van der Waals surface area contributed by atoms with Crippen molar-refractivity contribution in [3.8, 4) is 0 Å². The molecular weight excluding hydrogens is 546 g/mol. The third-order valence-corrected chi connectivity index (χ3v) is 7.87. The first-order chi connectivity index (χ1) is 18.7. The van der Waals surface area contributed by atoms with Gasteiger partial charge in [-0.2, -0.15) is 0 Å². The molecule has 0 bridgehead atoms. The molecule has 1 amide bonds. The summed E-state index contributed by atoms with van der Waals surface area (Å²) in [6, 6.07) is 8.19. The largest absolute Gasteiger partial charge is 0.480 e. The van der Waals surface area contributed by atoms with Crippen molar-refractivity contribution in [3.63, 3.8) is 0 Å². The molecule has 11 heteroatoms. The van der Waals surface area contributed by atoms with Crippen LogP contribution in [0.5, 0.6) is 0 Å². The van der Waals surface area contributed by atoms with Gasteiger partial charge in [-0.25, -0.2) is 9.18 Å². The number of rotatable bonds is 7. The first-order valence-electron chi connectivity index (χ1n) is 12.8. The molecule has 1 fully saturated rings. The lowest BCUT2D eigenvalue weighted by molar-refractivity contribution is -0.138. The molecule has 2 aromatic rings. The van der Waals surface area contributed by atoms with Gasteiger partial charge in [-0.05, 0) is 48.9 Å². The molecular formula is C28H29Cl2FN4O4. The zero-order chi connectivity index (χ0) is 27.7. The van der Waals surface area contributed by atoms with E-state index in [9.17, 15) is 19.8 Å². The lowest BCUT2D eigenvalue weighted by Crippen LogP contribution is -2.52. The summed E-state index contributed by atoms with van der Waals surface area (Å²) < 4.78 is 15.4. The Labute approximate surface area is 235 Å². The van der Waals surface area contributed by atoms with Crippen molar-refractivity contribution in [1.29, 1.82) is 0 Å². The number of hydrogen-bond acceptors (Lipinski definition) is 6. The van der Waals surface area contributed by atoms with Crippen LogP contribution in [0.4, 0.5) is 10.1 Å². The Morgan fingerprint density at radius 3 is 2.74 bits per heavy atom. The summed E-state index contributed by atoms with van der Waals surface area (Å²) >= 11 is 12.4. The molecule has 3 aliphatic rings. The number of carboxylic acids is 1. The number of aliphatic imine (C=N–C) groups is 1. The highest BCUT2D eigenvalue weighted by Crippen LogP contribution is 2.35. The van der Waals surface area contributed by atoms with Crippen LogP contribution in [0.2, 0.25) is 10.0 Å². The maximum Gasteiger partial charge on any atom is 0.328 e. The van der Waals surface area contributed by atoms with Gasteiger partial charge in [-0.1, -0.05) is 47.5 Å². The van der Waals surface area contributed by atoms with E-state index in [-0.39, 0.29) is 17.0 Å². The van der Waals surface area contributed by atoms with E-state index in [2.05, 4.69) is 20.5 Å². The number of fused-ring (bicyclic) bond motifs is 1. The molecule has 0 aromatic heterocycles. The number of carboxylic acid groups (broad SMARTS) is 1. The summed E-state index contributed by atoms with van der Waals surface area (Å²) in [6.07, 6.45) is 4.01. The molecule has 2 heterocycles. The molecule has 0 spiro atoms. The number of aliphatic hydroxyl groups excluding tert-OH is 1. The predicted octanol–water partition coefficient (Wildman–Crippen LogP) is 4.21. The van der Waals surface area contributed by atoms with Crippen molar-refractivity contribution in [1.82, 2.24) is 10.2 Å². The van der Waals surface area contributed by atoms with E-state index >= 15 is 4.39 Å². The standard InChI is InChI=1S/C28H29Cl2FN4O4/c29-18-8-6-17-13-35(12-15-4-5-15)14-23(34-26(36)16-7-9-21(28(38)39)32-11-16)24(27(37)33-22(17)10-18)19-2-1-3-20(30)25(19)31/h1-3,6-8,10-11,15,21,23-24,26,34,36H,4-5,9,12-14H2,(H,33,37)(H,38,39). The van der Waals surface area contributed by atoms with Gasteiger partial charge in [0.05, 0.1) is 10.9 Å². The Bertz CT molecular complexity index is 1330. The minimum Gasteiger partial charge on any atom is -0.480 e. The Kier molecular flexibility index (Phi) is 8.35. The summed E-state index contributed by atoms with van der Waals surface area (Å²) in [6.45, 7) is 1.62. The third kappa shape index (κ3) is 6.50. The summed E-state index contributed by atoms with van der Waals surface area (Å²) in [5.74, 6) is -2.78. The number of hydrogen-bond donors (Lipinski definition) is 4. The Balaban J connectivity index is 1.53. The second kappa shape index (κ2) is 11.7. The summed E-state index contributed by atoms with van der Waals surface area (Å²) in [5.41, 5.74) is 1.89.